The SMILES string of the molecule is CCOc1ccc(-c2noc(CCC(=O)NCc3csc(C(C)C)n3)n2)cc1. The second-order valence-electron chi connectivity index (χ2n) is 6.58. The molecular weight excluding hydrogens is 376 g/mol. The molecule has 0 aliphatic carbocycles. The topological polar surface area (TPSA) is 90.1 Å². The van der Waals surface area contributed by atoms with Gasteiger partial charge in [0.05, 0.1) is 23.9 Å². The quantitative estimate of drug-likeness (QED) is 0.585. The number of hydrogen-bond acceptors (Lipinski definition) is 7. The zero-order chi connectivity index (χ0) is 19.9. The van der Waals surface area contributed by atoms with Gasteiger partial charge in [0.15, 0.2) is 0 Å². The van der Waals surface area contributed by atoms with Crippen LogP contribution in [0.5, 0.6) is 5.75 Å². The van der Waals surface area contributed by atoms with Crippen LogP contribution in [0.2, 0.25) is 0 Å². The van der Waals surface area contributed by atoms with Gasteiger partial charge in [0.1, 0.15) is 5.75 Å². The Morgan fingerprint density at radius 3 is 2.71 bits per heavy atom. The summed E-state index contributed by atoms with van der Waals surface area (Å²) in [6, 6.07) is 7.49. The second kappa shape index (κ2) is 9.45. The summed E-state index contributed by atoms with van der Waals surface area (Å²) in [7, 11) is 0. The second-order valence-corrected chi connectivity index (χ2v) is 7.47. The standard InChI is InChI=1S/C20H24N4O3S/c1-4-26-16-7-5-14(6-8-16)19-23-18(27-24-19)10-9-17(25)21-11-15-12-28-20(22-15)13(2)3/h5-8,12-13H,4,9-11H2,1-3H3,(H,21,25). The number of hydrogen-bond donors (Lipinski definition) is 1. The van der Waals surface area contributed by atoms with Gasteiger partial charge >= 0.3 is 0 Å². The Morgan fingerprint density at radius 2 is 2.04 bits per heavy atom. The minimum Gasteiger partial charge on any atom is -0.494 e. The first kappa shape index (κ1) is 20.0. The Hall–Kier alpha value is -2.74. The first-order chi connectivity index (χ1) is 13.5. The average molecular weight is 401 g/mol. The first-order valence-electron chi connectivity index (χ1n) is 9.32. The lowest BCUT2D eigenvalue weighted by Crippen LogP contribution is -2.23. The number of thiazole rings is 1. The summed E-state index contributed by atoms with van der Waals surface area (Å²) in [5.41, 5.74) is 1.73. The Kier molecular flexibility index (Phi) is 6.76. The van der Waals surface area contributed by atoms with Gasteiger partial charge in [0.25, 0.3) is 0 Å². The highest BCUT2D eigenvalue weighted by molar-refractivity contribution is 7.09. The molecule has 0 atom stereocenters. The van der Waals surface area contributed by atoms with Gasteiger partial charge in [0, 0.05) is 29.7 Å². The molecule has 0 bridgehead atoms. The largest absolute Gasteiger partial charge is 0.494 e. The van der Waals surface area contributed by atoms with E-state index in [-0.39, 0.29) is 12.3 Å². The molecular formula is C20H24N4O3S. The number of rotatable bonds is 9. The van der Waals surface area contributed by atoms with Gasteiger partial charge in [0.2, 0.25) is 17.6 Å². The first-order valence-corrected chi connectivity index (χ1v) is 10.2. The highest BCUT2D eigenvalue weighted by Gasteiger charge is 2.12. The van der Waals surface area contributed by atoms with Crippen molar-refractivity contribution in [1.82, 2.24) is 20.4 Å². The fraction of sp³-hybridized carbons (Fsp3) is 0.400. The average Bonchev–Trinajstić information content (AvgIpc) is 3.35. The number of aromatic nitrogens is 3. The normalized spacial score (nSPS) is 11.0. The Morgan fingerprint density at radius 1 is 1.25 bits per heavy atom. The zero-order valence-corrected chi connectivity index (χ0v) is 17.1. The minimum absolute atomic E-state index is 0.0695. The Bertz CT molecular complexity index is 902. The van der Waals surface area contributed by atoms with Crippen molar-refractivity contribution in [2.24, 2.45) is 0 Å². The van der Waals surface area contributed by atoms with Crippen LogP contribution in [0.25, 0.3) is 11.4 Å². The molecule has 7 nitrogen and oxygen atoms in total. The van der Waals surface area contributed by atoms with E-state index >= 15 is 0 Å². The van der Waals surface area contributed by atoms with E-state index in [0.29, 0.717) is 37.2 Å². The van der Waals surface area contributed by atoms with Crippen molar-refractivity contribution in [2.75, 3.05) is 6.61 Å². The van der Waals surface area contributed by atoms with E-state index in [1.54, 1.807) is 11.3 Å². The fourth-order valence-electron chi connectivity index (χ4n) is 2.51. The van der Waals surface area contributed by atoms with E-state index in [2.05, 4.69) is 34.3 Å². The van der Waals surface area contributed by atoms with Crippen molar-refractivity contribution < 1.29 is 14.1 Å². The minimum atomic E-state index is -0.0695. The van der Waals surface area contributed by atoms with E-state index in [0.717, 1.165) is 22.0 Å². The van der Waals surface area contributed by atoms with E-state index in [9.17, 15) is 4.79 Å². The molecule has 1 N–H and O–H groups in total. The third-order valence-electron chi connectivity index (χ3n) is 3.99. The third kappa shape index (κ3) is 5.39. The van der Waals surface area contributed by atoms with Gasteiger partial charge in [-0.2, -0.15) is 4.98 Å². The fourth-order valence-corrected chi connectivity index (χ4v) is 3.34. The summed E-state index contributed by atoms with van der Waals surface area (Å²) in [6.07, 6.45) is 0.677. The number of nitrogens with zero attached hydrogens (tertiary/aromatic N) is 3. The number of benzene rings is 1. The van der Waals surface area contributed by atoms with Crippen LogP contribution in [0.15, 0.2) is 34.2 Å². The number of nitrogens with one attached hydrogen (secondary N) is 1. The van der Waals surface area contributed by atoms with Crippen molar-refractivity contribution in [2.45, 2.75) is 46.1 Å². The van der Waals surface area contributed by atoms with Crippen LogP contribution >= 0.6 is 11.3 Å². The third-order valence-corrected chi connectivity index (χ3v) is 5.18. The van der Waals surface area contributed by atoms with Crippen LogP contribution < -0.4 is 10.1 Å². The molecule has 28 heavy (non-hydrogen) atoms. The predicted molar refractivity (Wildman–Crippen MR) is 107 cm³/mol. The number of ether oxygens (including phenoxy) is 1. The highest BCUT2D eigenvalue weighted by atomic mass is 32.1. The van der Waals surface area contributed by atoms with Gasteiger partial charge in [-0.15, -0.1) is 11.3 Å². The van der Waals surface area contributed by atoms with Crippen LogP contribution in [0.1, 0.15) is 49.7 Å². The lowest BCUT2D eigenvalue weighted by Gasteiger charge is -2.02. The van der Waals surface area contributed by atoms with E-state index in [1.165, 1.54) is 0 Å². The molecule has 148 valence electrons. The molecule has 1 amide bonds. The number of aryl methyl sites for hydroxylation is 1. The molecule has 8 heteroatoms. The van der Waals surface area contributed by atoms with Crippen molar-refractivity contribution in [1.29, 1.82) is 0 Å². The smallest absolute Gasteiger partial charge is 0.227 e. The van der Waals surface area contributed by atoms with Gasteiger partial charge in [-0.25, -0.2) is 4.98 Å². The molecule has 0 aliphatic heterocycles. The van der Waals surface area contributed by atoms with Crippen LogP contribution in [0, 0.1) is 0 Å². The number of carbonyl (C=O) groups is 1. The molecule has 2 heterocycles. The molecule has 3 aromatic rings. The number of carbonyl (C=O) groups excluding carboxylic acids is 1. The highest BCUT2D eigenvalue weighted by Crippen LogP contribution is 2.21. The Balaban J connectivity index is 1.47. The summed E-state index contributed by atoms with van der Waals surface area (Å²) in [4.78, 5) is 20.9. The summed E-state index contributed by atoms with van der Waals surface area (Å²) >= 11 is 1.62. The summed E-state index contributed by atoms with van der Waals surface area (Å²) < 4.78 is 10.7. The molecule has 0 fully saturated rings. The van der Waals surface area contributed by atoms with Crippen molar-refractivity contribution >= 4 is 17.2 Å². The van der Waals surface area contributed by atoms with Gasteiger partial charge < -0.3 is 14.6 Å². The predicted octanol–water partition coefficient (Wildman–Crippen LogP) is 3.96. The Labute approximate surface area is 168 Å². The van der Waals surface area contributed by atoms with Crippen LogP contribution in [0.3, 0.4) is 0 Å². The maximum absolute atomic E-state index is 12.1. The summed E-state index contributed by atoms with van der Waals surface area (Å²) in [5.74, 6) is 2.07. The molecule has 0 aliphatic rings. The maximum Gasteiger partial charge on any atom is 0.227 e. The van der Waals surface area contributed by atoms with Gasteiger partial charge in [-0.05, 0) is 31.2 Å². The van der Waals surface area contributed by atoms with Crippen molar-refractivity contribution in [3.63, 3.8) is 0 Å². The number of amides is 1. The van der Waals surface area contributed by atoms with Crippen LogP contribution in [-0.4, -0.2) is 27.6 Å². The van der Waals surface area contributed by atoms with Gasteiger partial charge in [-0.3, -0.25) is 4.79 Å². The van der Waals surface area contributed by atoms with Gasteiger partial charge in [-0.1, -0.05) is 19.0 Å². The van der Waals surface area contributed by atoms with E-state index < -0.39 is 0 Å². The van der Waals surface area contributed by atoms with E-state index in [4.69, 9.17) is 9.26 Å². The molecule has 0 saturated heterocycles. The van der Waals surface area contributed by atoms with Crippen molar-refractivity contribution in [3.05, 3.63) is 46.2 Å². The molecule has 3 rings (SSSR count). The molecule has 0 saturated carbocycles. The molecule has 0 unspecified atom stereocenters. The molecule has 1 aromatic carbocycles. The zero-order valence-electron chi connectivity index (χ0n) is 16.3. The molecule has 0 spiro atoms. The van der Waals surface area contributed by atoms with Crippen LogP contribution in [0.4, 0.5) is 0 Å². The maximum atomic E-state index is 12.1. The van der Waals surface area contributed by atoms with Crippen molar-refractivity contribution in [3.8, 4) is 17.1 Å². The van der Waals surface area contributed by atoms with Crippen LogP contribution in [-0.2, 0) is 17.8 Å². The lowest BCUT2D eigenvalue weighted by atomic mass is 10.2. The summed E-state index contributed by atoms with van der Waals surface area (Å²) in [6.45, 7) is 7.20. The lowest BCUT2D eigenvalue weighted by molar-refractivity contribution is -0.121. The molecule has 0 radical (unpaired) electrons. The monoisotopic (exact) mass is 400 g/mol. The molecule has 2 aromatic heterocycles. The van der Waals surface area contributed by atoms with E-state index in [1.807, 2.05) is 36.6 Å². The summed E-state index contributed by atoms with van der Waals surface area (Å²) in [5, 5.41) is 9.93.